The number of rotatable bonds is 5. The molecular weight excluding hydrogens is 424 g/mol. The van der Waals surface area contributed by atoms with Crippen LogP contribution in [0.2, 0.25) is 0 Å². The van der Waals surface area contributed by atoms with E-state index in [2.05, 4.69) is 33.4 Å². The zero-order chi connectivity index (χ0) is 23.5. The maximum atomic E-state index is 12.7. The highest BCUT2D eigenvalue weighted by Gasteiger charge is 2.33. The van der Waals surface area contributed by atoms with Gasteiger partial charge in [-0.2, -0.15) is 0 Å². The van der Waals surface area contributed by atoms with E-state index in [9.17, 15) is 9.59 Å². The van der Waals surface area contributed by atoms with Gasteiger partial charge in [-0.15, -0.1) is 0 Å². The second kappa shape index (κ2) is 9.67. The topological polar surface area (TPSA) is 65.5 Å². The molecule has 6 heteroatoms. The molecule has 0 radical (unpaired) electrons. The zero-order valence-electron chi connectivity index (χ0n) is 19.5. The predicted molar refractivity (Wildman–Crippen MR) is 134 cm³/mol. The van der Waals surface area contributed by atoms with Crippen LogP contribution in [0.4, 0.5) is 11.4 Å². The standard InChI is InChI=1S/C28H30N4O2/c1-20-7-12-26(17-29-20)32-18-24(19-32)27(33)30-25-10-8-21(9-11-25)22-13-15-31(16-14-22)28(34)23-5-3-2-4-6-23/h2-12,17,22,24H,13-16,18-19H2,1H3,(H,30,33). The Morgan fingerprint density at radius 2 is 1.62 bits per heavy atom. The Bertz CT molecular complexity index is 1130. The zero-order valence-corrected chi connectivity index (χ0v) is 19.5. The first-order valence-electron chi connectivity index (χ1n) is 12.0. The van der Waals surface area contributed by atoms with Crippen molar-refractivity contribution >= 4 is 23.2 Å². The van der Waals surface area contributed by atoms with E-state index in [1.165, 1.54) is 5.56 Å². The van der Waals surface area contributed by atoms with Crippen LogP contribution in [-0.2, 0) is 4.79 Å². The van der Waals surface area contributed by atoms with Crippen molar-refractivity contribution in [1.29, 1.82) is 0 Å². The monoisotopic (exact) mass is 454 g/mol. The van der Waals surface area contributed by atoms with Crippen molar-refractivity contribution in [3.05, 3.63) is 89.7 Å². The van der Waals surface area contributed by atoms with E-state index in [1.54, 1.807) is 0 Å². The van der Waals surface area contributed by atoms with Crippen molar-refractivity contribution in [1.82, 2.24) is 9.88 Å². The first kappa shape index (κ1) is 22.1. The van der Waals surface area contributed by atoms with E-state index in [4.69, 9.17) is 0 Å². The summed E-state index contributed by atoms with van der Waals surface area (Å²) in [4.78, 5) is 33.8. The highest BCUT2D eigenvalue weighted by Crippen LogP contribution is 2.30. The average Bonchev–Trinajstić information content (AvgIpc) is 2.85. The highest BCUT2D eigenvalue weighted by atomic mass is 16.2. The lowest BCUT2D eigenvalue weighted by Crippen LogP contribution is -2.52. The summed E-state index contributed by atoms with van der Waals surface area (Å²) >= 11 is 0. The highest BCUT2D eigenvalue weighted by molar-refractivity contribution is 5.95. The van der Waals surface area contributed by atoms with Gasteiger partial charge in [0, 0.05) is 43.1 Å². The molecule has 34 heavy (non-hydrogen) atoms. The number of anilines is 2. The Morgan fingerprint density at radius 1 is 0.912 bits per heavy atom. The third kappa shape index (κ3) is 4.81. The molecule has 0 bridgehead atoms. The number of amides is 2. The van der Waals surface area contributed by atoms with Crippen molar-refractivity contribution in [3.8, 4) is 0 Å². The Kier molecular flexibility index (Phi) is 6.30. The number of nitrogens with one attached hydrogen (secondary N) is 1. The molecule has 3 aromatic rings. The van der Waals surface area contributed by atoms with Crippen LogP contribution >= 0.6 is 0 Å². The van der Waals surface area contributed by atoms with Gasteiger partial charge >= 0.3 is 0 Å². The lowest BCUT2D eigenvalue weighted by Gasteiger charge is -2.39. The maximum absolute atomic E-state index is 12.7. The van der Waals surface area contributed by atoms with Crippen LogP contribution in [0.1, 0.15) is 40.4 Å². The Morgan fingerprint density at radius 3 is 2.26 bits per heavy atom. The molecule has 3 heterocycles. The lowest BCUT2D eigenvalue weighted by molar-refractivity contribution is -0.120. The number of nitrogens with zero attached hydrogens (tertiary/aromatic N) is 3. The largest absolute Gasteiger partial charge is 0.369 e. The van der Waals surface area contributed by atoms with Crippen molar-refractivity contribution in [2.24, 2.45) is 5.92 Å². The van der Waals surface area contributed by atoms with Crippen LogP contribution < -0.4 is 10.2 Å². The Balaban J connectivity index is 1.10. The van der Waals surface area contributed by atoms with E-state index in [1.807, 2.05) is 66.6 Å². The predicted octanol–water partition coefficient (Wildman–Crippen LogP) is 4.48. The molecule has 0 unspecified atom stereocenters. The summed E-state index contributed by atoms with van der Waals surface area (Å²) in [5.41, 5.74) is 4.92. The second-order valence-electron chi connectivity index (χ2n) is 9.30. The van der Waals surface area contributed by atoms with E-state index in [0.717, 1.165) is 61.7 Å². The molecule has 2 aliphatic heterocycles. The van der Waals surface area contributed by atoms with E-state index in [0.29, 0.717) is 5.92 Å². The molecule has 6 nitrogen and oxygen atoms in total. The molecule has 2 fully saturated rings. The first-order chi connectivity index (χ1) is 16.6. The van der Waals surface area contributed by atoms with Crippen molar-refractivity contribution in [2.45, 2.75) is 25.7 Å². The summed E-state index contributed by atoms with van der Waals surface area (Å²) in [5.74, 6) is 0.613. The fourth-order valence-electron chi connectivity index (χ4n) is 4.76. The van der Waals surface area contributed by atoms with Gasteiger partial charge in [-0.3, -0.25) is 14.6 Å². The molecule has 0 saturated carbocycles. The lowest BCUT2D eigenvalue weighted by atomic mass is 9.89. The number of hydrogen-bond acceptors (Lipinski definition) is 4. The minimum absolute atomic E-state index is 0.00698. The minimum Gasteiger partial charge on any atom is -0.369 e. The SMILES string of the molecule is Cc1ccc(N2CC(C(=O)Nc3ccc(C4CCN(C(=O)c5ccccc5)CC4)cc3)C2)cn1. The van der Waals surface area contributed by atoms with Crippen LogP contribution in [0.3, 0.4) is 0 Å². The number of carbonyl (C=O) groups excluding carboxylic acids is 2. The van der Waals surface area contributed by atoms with Crippen LogP contribution in [0.15, 0.2) is 72.9 Å². The average molecular weight is 455 g/mol. The molecule has 1 aromatic heterocycles. The molecule has 2 saturated heterocycles. The van der Waals surface area contributed by atoms with Gasteiger partial charge in [-0.05, 0) is 67.6 Å². The second-order valence-corrected chi connectivity index (χ2v) is 9.30. The fraction of sp³-hybridized carbons (Fsp3) is 0.321. The van der Waals surface area contributed by atoms with Crippen LogP contribution in [-0.4, -0.2) is 47.9 Å². The van der Waals surface area contributed by atoms with Crippen LogP contribution in [0.25, 0.3) is 0 Å². The summed E-state index contributed by atoms with van der Waals surface area (Å²) in [5, 5.41) is 3.06. The van der Waals surface area contributed by atoms with Gasteiger partial charge in [0.15, 0.2) is 0 Å². The molecule has 0 spiro atoms. The quantitative estimate of drug-likeness (QED) is 0.617. The van der Waals surface area contributed by atoms with E-state index >= 15 is 0 Å². The van der Waals surface area contributed by atoms with Gasteiger partial charge in [0.25, 0.3) is 5.91 Å². The van der Waals surface area contributed by atoms with E-state index in [-0.39, 0.29) is 17.7 Å². The number of piperidine rings is 1. The Labute approximate surface area is 200 Å². The summed E-state index contributed by atoms with van der Waals surface area (Å²) in [6.07, 6.45) is 3.77. The molecule has 1 N–H and O–H groups in total. The van der Waals surface area contributed by atoms with Crippen molar-refractivity contribution in [2.75, 3.05) is 36.4 Å². The number of benzene rings is 2. The third-order valence-electron chi connectivity index (χ3n) is 6.97. The minimum atomic E-state index is -0.00698. The van der Waals surface area contributed by atoms with Gasteiger partial charge in [0.1, 0.15) is 0 Å². The van der Waals surface area contributed by atoms with Gasteiger partial charge in [-0.25, -0.2) is 0 Å². The smallest absolute Gasteiger partial charge is 0.253 e. The van der Waals surface area contributed by atoms with Crippen molar-refractivity contribution < 1.29 is 9.59 Å². The number of aromatic nitrogens is 1. The number of hydrogen-bond donors (Lipinski definition) is 1. The van der Waals surface area contributed by atoms with Gasteiger partial charge < -0.3 is 15.1 Å². The molecule has 5 rings (SSSR count). The molecule has 174 valence electrons. The van der Waals surface area contributed by atoms with Crippen LogP contribution in [0, 0.1) is 12.8 Å². The molecule has 2 amide bonds. The van der Waals surface area contributed by atoms with E-state index < -0.39 is 0 Å². The maximum Gasteiger partial charge on any atom is 0.253 e. The number of likely N-dealkylation sites (tertiary alicyclic amines) is 1. The molecule has 0 atom stereocenters. The van der Waals surface area contributed by atoms with Crippen molar-refractivity contribution in [3.63, 3.8) is 0 Å². The molecule has 2 aromatic carbocycles. The summed E-state index contributed by atoms with van der Waals surface area (Å²) in [6.45, 7) is 4.94. The molecule has 2 aliphatic rings. The summed E-state index contributed by atoms with van der Waals surface area (Å²) in [7, 11) is 0. The fourth-order valence-corrected chi connectivity index (χ4v) is 4.76. The van der Waals surface area contributed by atoms with Gasteiger partial charge in [0.2, 0.25) is 5.91 Å². The summed E-state index contributed by atoms with van der Waals surface area (Å²) in [6, 6.07) is 21.8. The number of carbonyl (C=O) groups is 2. The van der Waals surface area contributed by atoms with Gasteiger partial charge in [-0.1, -0.05) is 30.3 Å². The summed E-state index contributed by atoms with van der Waals surface area (Å²) < 4.78 is 0. The molecular formula is C28H30N4O2. The third-order valence-corrected chi connectivity index (χ3v) is 6.97. The molecule has 0 aliphatic carbocycles. The Hall–Kier alpha value is -3.67. The first-order valence-corrected chi connectivity index (χ1v) is 12.0. The van der Waals surface area contributed by atoms with Crippen LogP contribution in [0.5, 0.6) is 0 Å². The normalized spacial score (nSPS) is 16.7. The number of aryl methyl sites for hydroxylation is 1. The van der Waals surface area contributed by atoms with Gasteiger partial charge in [0.05, 0.1) is 17.8 Å². The number of pyridine rings is 1.